The number of piperazine rings is 1. The summed E-state index contributed by atoms with van der Waals surface area (Å²) < 4.78 is 0. The van der Waals surface area contributed by atoms with Crippen molar-refractivity contribution in [3.05, 3.63) is 21.4 Å². The Morgan fingerprint density at radius 1 is 1.41 bits per heavy atom. The number of hydrogen-bond acceptors (Lipinski definition) is 7. The smallest absolute Gasteiger partial charge is 0.273 e. The number of nitrogens with two attached hydrogens (primary N) is 1. The molecule has 3 rings (SSSR count). The molecule has 27 heavy (non-hydrogen) atoms. The molecule has 1 amide bonds. The number of carbonyl (C=O) groups is 1. The molecule has 7 nitrogen and oxygen atoms in total. The number of nitrogens with one attached hydrogen (secondary N) is 1. The number of amides is 1. The molecular weight excluding hydrogens is 362 g/mol. The highest BCUT2D eigenvalue weighted by molar-refractivity contribution is 7.13. The van der Waals surface area contributed by atoms with Gasteiger partial charge in [0, 0.05) is 56.1 Å². The molecule has 0 bridgehead atoms. The van der Waals surface area contributed by atoms with Crippen LogP contribution in [0.15, 0.2) is 16.6 Å². The van der Waals surface area contributed by atoms with Crippen LogP contribution < -0.4 is 11.1 Å². The van der Waals surface area contributed by atoms with Crippen LogP contribution in [0.2, 0.25) is 0 Å². The molecule has 0 saturated carbocycles. The van der Waals surface area contributed by atoms with Gasteiger partial charge in [0.25, 0.3) is 5.91 Å². The maximum absolute atomic E-state index is 12.9. The van der Waals surface area contributed by atoms with Crippen LogP contribution >= 0.6 is 11.3 Å². The Hall–Kier alpha value is -1.74. The summed E-state index contributed by atoms with van der Waals surface area (Å²) >= 11 is 1.69. The first-order chi connectivity index (χ1) is 13.1. The zero-order chi connectivity index (χ0) is 19.2. The van der Waals surface area contributed by atoms with Gasteiger partial charge in [-0.05, 0) is 25.5 Å². The van der Waals surface area contributed by atoms with Crippen molar-refractivity contribution in [1.29, 1.82) is 0 Å². The van der Waals surface area contributed by atoms with Crippen LogP contribution in [0.5, 0.6) is 0 Å². The monoisotopic (exact) mass is 391 g/mol. The maximum atomic E-state index is 12.9. The lowest BCUT2D eigenvalue weighted by Gasteiger charge is -2.26. The number of carbonyl (C=O) groups excluding carboxylic acids is 1. The van der Waals surface area contributed by atoms with Crippen LogP contribution in [0.4, 0.5) is 5.69 Å². The summed E-state index contributed by atoms with van der Waals surface area (Å²) in [6.45, 7) is 9.99. The van der Waals surface area contributed by atoms with Crippen LogP contribution in [-0.2, 0) is 16.2 Å². The third-order valence-electron chi connectivity index (χ3n) is 4.53. The van der Waals surface area contributed by atoms with Gasteiger partial charge in [-0.3, -0.25) is 14.5 Å². The van der Waals surface area contributed by atoms with Crippen molar-refractivity contribution >= 4 is 34.8 Å². The molecule has 0 unspecified atom stereocenters. The van der Waals surface area contributed by atoms with Crippen molar-refractivity contribution in [2.45, 2.75) is 33.2 Å². The van der Waals surface area contributed by atoms with E-state index in [1.165, 1.54) is 9.94 Å². The molecule has 1 aromatic rings. The summed E-state index contributed by atoms with van der Waals surface area (Å²) in [7, 11) is 0. The molecule has 2 aliphatic rings. The SMILES string of the molecule is CCCN(OCC)C(=O)C1=Cc2sc(CN3CCNCC3)cc2N=C(N)C1. The van der Waals surface area contributed by atoms with Gasteiger partial charge >= 0.3 is 0 Å². The van der Waals surface area contributed by atoms with E-state index in [1.807, 2.05) is 19.9 Å². The second kappa shape index (κ2) is 9.45. The van der Waals surface area contributed by atoms with Crippen molar-refractivity contribution in [2.24, 2.45) is 10.7 Å². The first-order valence-electron chi connectivity index (χ1n) is 9.64. The zero-order valence-corrected chi connectivity index (χ0v) is 17.0. The van der Waals surface area contributed by atoms with Crippen LogP contribution in [0.3, 0.4) is 0 Å². The average molecular weight is 392 g/mol. The topological polar surface area (TPSA) is 83.2 Å². The summed E-state index contributed by atoms with van der Waals surface area (Å²) in [5.41, 5.74) is 7.60. The largest absolute Gasteiger partial charge is 0.387 e. The molecule has 0 aliphatic carbocycles. The van der Waals surface area contributed by atoms with Crippen molar-refractivity contribution in [3.8, 4) is 0 Å². The summed E-state index contributed by atoms with van der Waals surface area (Å²) in [5, 5.41) is 4.82. The van der Waals surface area contributed by atoms with E-state index in [9.17, 15) is 4.79 Å². The fourth-order valence-corrected chi connectivity index (χ4v) is 4.40. The van der Waals surface area contributed by atoms with E-state index < -0.39 is 0 Å². The third-order valence-corrected chi connectivity index (χ3v) is 5.59. The Labute approximate surface area is 164 Å². The molecule has 0 radical (unpaired) electrons. The number of hydrogen-bond donors (Lipinski definition) is 2. The minimum Gasteiger partial charge on any atom is -0.387 e. The molecule has 2 aliphatic heterocycles. The minimum atomic E-state index is -0.123. The van der Waals surface area contributed by atoms with E-state index >= 15 is 0 Å². The normalized spacial score (nSPS) is 17.7. The highest BCUT2D eigenvalue weighted by atomic mass is 32.1. The lowest BCUT2D eigenvalue weighted by Crippen LogP contribution is -2.42. The molecule has 3 heterocycles. The number of amidine groups is 1. The molecule has 0 spiro atoms. The van der Waals surface area contributed by atoms with Gasteiger partial charge in [0.05, 0.1) is 17.2 Å². The quantitative estimate of drug-likeness (QED) is 0.696. The molecule has 1 aromatic heterocycles. The van der Waals surface area contributed by atoms with Gasteiger partial charge in [-0.15, -0.1) is 11.3 Å². The second-order valence-corrected chi connectivity index (χ2v) is 7.93. The summed E-state index contributed by atoms with van der Waals surface area (Å²) in [6.07, 6.45) is 3.12. The Kier molecular flexibility index (Phi) is 7.01. The van der Waals surface area contributed by atoms with Gasteiger partial charge < -0.3 is 11.1 Å². The molecule has 1 fully saturated rings. The van der Waals surface area contributed by atoms with E-state index in [0.717, 1.165) is 49.7 Å². The van der Waals surface area contributed by atoms with Crippen LogP contribution in [0.1, 0.15) is 36.4 Å². The molecule has 148 valence electrons. The predicted octanol–water partition coefficient (Wildman–Crippen LogP) is 2.12. The van der Waals surface area contributed by atoms with Gasteiger partial charge in [0.1, 0.15) is 5.84 Å². The van der Waals surface area contributed by atoms with Crippen LogP contribution in [0, 0.1) is 0 Å². The number of thiophene rings is 1. The van der Waals surface area contributed by atoms with Gasteiger partial charge in [-0.2, -0.15) is 0 Å². The van der Waals surface area contributed by atoms with Gasteiger partial charge in [0.15, 0.2) is 0 Å². The maximum Gasteiger partial charge on any atom is 0.273 e. The van der Waals surface area contributed by atoms with Crippen molar-refractivity contribution in [3.63, 3.8) is 0 Å². The number of hydroxylamine groups is 2. The lowest BCUT2D eigenvalue weighted by molar-refractivity contribution is -0.180. The lowest BCUT2D eigenvalue weighted by atomic mass is 10.1. The summed E-state index contributed by atoms with van der Waals surface area (Å²) in [6, 6.07) is 2.10. The predicted molar refractivity (Wildman–Crippen MR) is 110 cm³/mol. The zero-order valence-electron chi connectivity index (χ0n) is 16.2. The summed E-state index contributed by atoms with van der Waals surface area (Å²) in [4.78, 5) is 27.7. The highest BCUT2D eigenvalue weighted by Gasteiger charge is 2.23. The first kappa shape index (κ1) is 20.0. The first-order valence-corrected chi connectivity index (χ1v) is 10.5. The van der Waals surface area contributed by atoms with Crippen LogP contribution in [0.25, 0.3) is 6.08 Å². The third kappa shape index (κ3) is 5.16. The Balaban J connectivity index is 1.81. The van der Waals surface area contributed by atoms with Crippen LogP contribution in [-0.4, -0.2) is 61.0 Å². The minimum absolute atomic E-state index is 0.123. The standard InChI is InChI=1S/C19H29N5O2S/c1-3-7-24(26-4-2)19(25)14-10-17-16(22-18(20)11-14)12-15(27-17)13-23-8-5-21-6-9-23/h10,12,21H,3-9,11,13H2,1-2H3,(H2,20,22). The van der Waals surface area contributed by atoms with E-state index in [4.69, 9.17) is 10.6 Å². The molecule has 0 atom stereocenters. The molecule has 8 heteroatoms. The molecule has 0 aromatic carbocycles. The van der Waals surface area contributed by atoms with E-state index in [1.54, 1.807) is 11.3 Å². The Morgan fingerprint density at radius 3 is 2.89 bits per heavy atom. The van der Waals surface area contributed by atoms with E-state index in [-0.39, 0.29) is 5.91 Å². The molecule has 3 N–H and O–H groups in total. The number of aliphatic imine (C=N–C) groups is 1. The number of rotatable bonds is 7. The van der Waals surface area contributed by atoms with Crippen molar-refractivity contribution < 1.29 is 9.63 Å². The van der Waals surface area contributed by atoms with Gasteiger partial charge in [-0.25, -0.2) is 10.1 Å². The van der Waals surface area contributed by atoms with Crippen molar-refractivity contribution in [1.82, 2.24) is 15.3 Å². The van der Waals surface area contributed by atoms with E-state index in [2.05, 4.69) is 21.3 Å². The Bertz CT molecular complexity index is 716. The summed E-state index contributed by atoms with van der Waals surface area (Å²) in [5.74, 6) is 0.342. The highest BCUT2D eigenvalue weighted by Crippen LogP contribution is 2.35. The molecule has 1 saturated heterocycles. The Morgan fingerprint density at radius 2 is 2.19 bits per heavy atom. The number of fused-ring (bicyclic) bond motifs is 1. The fraction of sp³-hybridized carbons (Fsp3) is 0.579. The second-order valence-electron chi connectivity index (χ2n) is 6.76. The number of nitrogens with zero attached hydrogens (tertiary/aromatic N) is 3. The van der Waals surface area contributed by atoms with Gasteiger partial charge in [0.2, 0.25) is 0 Å². The average Bonchev–Trinajstić information content (AvgIpc) is 2.94. The van der Waals surface area contributed by atoms with Crippen molar-refractivity contribution in [2.75, 3.05) is 39.3 Å². The van der Waals surface area contributed by atoms with E-state index in [0.29, 0.717) is 31.0 Å². The van der Waals surface area contributed by atoms with Gasteiger partial charge in [-0.1, -0.05) is 6.92 Å². The molecular formula is C19H29N5O2S. The fourth-order valence-electron chi connectivity index (χ4n) is 3.28.